The van der Waals surface area contributed by atoms with E-state index in [2.05, 4.69) is 5.32 Å². The van der Waals surface area contributed by atoms with Gasteiger partial charge in [-0.15, -0.1) is 11.8 Å². The van der Waals surface area contributed by atoms with Gasteiger partial charge in [-0.2, -0.15) is 0 Å². The molecule has 0 atom stereocenters. The van der Waals surface area contributed by atoms with Gasteiger partial charge in [-0.25, -0.2) is 4.39 Å². The highest BCUT2D eigenvalue weighted by atomic mass is 35.5. The van der Waals surface area contributed by atoms with Crippen molar-refractivity contribution < 1.29 is 9.18 Å². The monoisotopic (exact) mass is 324 g/mol. The minimum absolute atomic E-state index is 0.110. The van der Waals surface area contributed by atoms with Crippen LogP contribution in [-0.4, -0.2) is 11.7 Å². The lowest BCUT2D eigenvalue weighted by atomic mass is 10.3. The average Bonchev–Trinajstić information content (AvgIpc) is 2.43. The second-order valence-electron chi connectivity index (χ2n) is 4.34. The molecule has 0 aliphatic carbocycles. The summed E-state index contributed by atoms with van der Waals surface area (Å²) in [6, 6.07) is 11.6. The molecule has 6 heteroatoms. The first-order valence-electron chi connectivity index (χ1n) is 6.28. The van der Waals surface area contributed by atoms with E-state index in [0.717, 1.165) is 4.90 Å². The second-order valence-corrected chi connectivity index (χ2v) is 5.95. The van der Waals surface area contributed by atoms with E-state index in [1.54, 1.807) is 30.3 Å². The Morgan fingerprint density at radius 3 is 2.81 bits per heavy atom. The summed E-state index contributed by atoms with van der Waals surface area (Å²) in [4.78, 5) is 12.5. The molecule has 0 saturated heterocycles. The lowest BCUT2D eigenvalue weighted by Gasteiger charge is -2.06. The van der Waals surface area contributed by atoms with Gasteiger partial charge in [0, 0.05) is 27.8 Å². The number of rotatable bonds is 5. The van der Waals surface area contributed by atoms with Gasteiger partial charge in [0.2, 0.25) is 5.91 Å². The molecule has 0 aromatic heterocycles. The van der Waals surface area contributed by atoms with Crippen molar-refractivity contribution in [1.29, 1.82) is 0 Å². The van der Waals surface area contributed by atoms with Crippen LogP contribution in [0.3, 0.4) is 0 Å². The van der Waals surface area contributed by atoms with Crippen molar-refractivity contribution in [3.8, 4) is 0 Å². The number of anilines is 2. The fourth-order valence-electron chi connectivity index (χ4n) is 1.65. The van der Waals surface area contributed by atoms with Crippen molar-refractivity contribution in [3.63, 3.8) is 0 Å². The number of nitrogens with two attached hydrogens (primary N) is 1. The van der Waals surface area contributed by atoms with E-state index in [0.29, 0.717) is 22.9 Å². The molecule has 2 rings (SSSR count). The maximum atomic E-state index is 13.3. The zero-order valence-corrected chi connectivity index (χ0v) is 12.7. The molecule has 110 valence electrons. The van der Waals surface area contributed by atoms with Crippen molar-refractivity contribution in [2.45, 2.75) is 11.3 Å². The third-order valence-electron chi connectivity index (χ3n) is 2.68. The number of amides is 1. The van der Waals surface area contributed by atoms with Gasteiger partial charge in [0.15, 0.2) is 0 Å². The Morgan fingerprint density at radius 2 is 2.10 bits per heavy atom. The van der Waals surface area contributed by atoms with Crippen LogP contribution in [-0.2, 0) is 4.79 Å². The smallest absolute Gasteiger partial charge is 0.225 e. The van der Waals surface area contributed by atoms with Crippen LogP contribution in [0.25, 0.3) is 0 Å². The van der Waals surface area contributed by atoms with Gasteiger partial charge in [-0.3, -0.25) is 4.79 Å². The summed E-state index contributed by atoms with van der Waals surface area (Å²) in [5.74, 6) is -0.000448. The maximum absolute atomic E-state index is 13.3. The molecule has 2 aromatic carbocycles. The van der Waals surface area contributed by atoms with Crippen LogP contribution < -0.4 is 11.1 Å². The molecule has 0 radical (unpaired) electrons. The van der Waals surface area contributed by atoms with E-state index in [1.165, 1.54) is 23.9 Å². The summed E-state index contributed by atoms with van der Waals surface area (Å²) < 4.78 is 13.3. The Kier molecular flexibility index (Phi) is 5.47. The number of benzene rings is 2. The van der Waals surface area contributed by atoms with E-state index in [9.17, 15) is 9.18 Å². The van der Waals surface area contributed by atoms with Gasteiger partial charge in [-0.05, 0) is 36.4 Å². The largest absolute Gasteiger partial charge is 0.396 e. The molecular weight excluding hydrogens is 311 g/mol. The summed E-state index contributed by atoms with van der Waals surface area (Å²) in [6.45, 7) is 0. The van der Waals surface area contributed by atoms with Crippen LogP contribution in [0.5, 0.6) is 0 Å². The summed E-state index contributed by atoms with van der Waals surface area (Å²) in [6.07, 6.45) is 0.323. The number of thioether (sulfide) groups is 1. The van der Waals surface area contributed by atoms with Crippen molar-refractivity contribution in [2.24, 2.45) is 0 Å². The van der Waals surface area contributed by atoms with Crippen molar-refractivity contribution in [3.05, 3.63) is 53.3 Å². The zero-order chi connectivity index (χ0) is 15.2. The Bertz CT molecular complexity index is 651. The quantitative estimate of drug-likeness (QED) is 0.640. The summed E-state index contributed by atoms with van der Waals surface area (Å²) in [7, 11) is 0. The Hall–Kier alpha value is -1.72. The van der Waals surface area contributed by atoms with E-state index in [4.69, 9.17) is 17.3 Å². The number of nitrogen functional groups attached to an aromatic ring is 1. The SMILES string of the molecule is Nc1ccc(SCCC(=O)Nc2cccc(Cl)c2)cc1F. The Morgan fingerprint density at radius 1 is 1.29 bits per heavy atom. The predicted octanol–water partition coefficient (Wildman–Crippen LogP) is 4.18. The maximum Gasteiger partial charge on any atom is 0.225 e. The second kappa shape index (κ2) is 7.33. The molecule has 0 aliphatic rings. The van der Waals surface area contributed by atoms with Gasteiger partial charge in [0.25, 0.3) is 0 Å². The van der Waals surface area contributed by atoms with Crippen LogP contribution in [0, 0.1) is 5.82 Å². The van der Waals surface area contributed by atoms with Crippen molar-refractivity contribution >= 4 is 40.6 Å². The molecule has 3 nitrogen and oxygen atoms in total. The summed E-state index contributed by atoms with van der Waals surface area (Å²) in [5.41, 5.74) is 6.19. The first-order valence-corrected chi connectivity index (χ1v) is 7.64. The average molecular weight is 325 g/mol. The van der Waals surface area contributed by atoms with E-state index < -0.39 is 5.82 Å². The van der Waals surface area contributed by atoms with Crippen LogP contribution in [0.4, 0.5) is 15.8 Å². The highest BCUT2D eigenvalue weighted by Gasteiger charge is 2.05. The molecule has 0 spiro atoms. The van der Waals surface area contributed by atoms with Crippen molar-refractivity contribution in [2.75, 3.05) is 16.8 Å². The van der Waals surface area contributed by atoms with Gasteiger partial charge in [0.1, 0.15) is 5.82 Å². The molecule has 3 N–H and O–H groups in total. The lowest BCUT2D eigenvalue weighted by Crippen LogP contribution is -2.12. The molecule has 0 aliphatic heterocycles. The van der Waals surface area contributed by atoms with Crippen molar-refractivity contribution in [1.82, 2.24) is 0 Å². The zero-order valence-electron chi connectivity index (χ0n) is 11.1. The van der Waals surface area contributed by atoms with Gasteiger partial charge in [0.05, 0.1) is 5.69 Å². The fourth-order valence-corrected chi connectivity index (χ4v) is 2.71. The highest BCUT2D eigenvalue weighted by molar-refractivity contribution is 7.99. The molecule has 0 fully saturated rings. The van der Waals surface area contributed by atoms with Gasteiger partial charge in [-0.1, -0.05) is 17.7 Å². The summed E-state index contributed by atoms with van der Waals surface area (Å²) in [5, 5.41) is 3.33. The number of carbonyl (C=O) groups excluding carboxylic acids is 1. The van der Waals surface area contributed by atoms with Crippen LogP contribution in [0.2, 0.25) is 5.02 Å². The van der Waals surface area contributed by atoms with E-state index in [-0.39, 0.29) is 11.6 Å². The minimum atomic E-state index is -0.441. The fraction of sp³-hybridized carbons (Fsp3) is 0.133. The normalized spacial score (nSPS) is 10.4. The third-order valence-corrected chi connectivity index (χ3v) is 3.91. The van der Waals surface area contributed by atoms with Crippen LogP contribution in [0.1, 0.15) is 6.42 Å². The molecule has 0 heterocycles. The molecule has 0 unspecified atom stereocenters. The summed E-state index contributed by atoms with van der Waals surface area (Å²) >= 11 is 7.24. The molecular formula is C15H14ClFN2OS. The van der Waals surface area contributed by atoms with Crippen LogP contribution >= 0.6 is 23.4 Å². The predicted molar refractivity (Wildman–Crippen MR) is 86.2 cm³/mol. The lowest BCUT2D eigenvalue weighted by molar-refractivity contribution is -0.115. The standard InChI is InChI=1S/C15H14ClFN2OS/c16-10-2-1-3-11(8-10)19-15(20)6-7-21-12-4-5-14(18)13(17)9-12/h1-5,8-9H,6-7,18H2,(H,19,20). The van der Waals surface area contributed by atoms with Gasteiger partial charge < -0.3 is 11.1 Å². The number of halogens is 2. The third kappa shape index (κ3) is 4.95. The molecule has 21 heavy (non-hydrogen) atoms. The first kappa shape index (κ1) is 15.7. The molecule has 0 bridgehead atoms. The number of hydrogen-bond donors (Lipinski definition) is 2. The van der Waals surface area contributed by atoms with Crippen LogP contribution in [0.15, 0.2) is 47.4 Å². The van der Waals surface area contributed by atoms with E-state index in [1.807, 2.05) is 0 Å². The van der Waals surface area contributed by atoms with E-state index >= 15 is 0 Å². The molecule has 2 aromatic rings. The van der Waals surface area contributed by atoms with Gasteiger partial charge >= 0.3 is 0 Å². The highest BCUT2D eigenvalue weighted by Crippen LogP contribution is 2.23. The topological polar surface area (TPSA) is 55.1 Å². The number of carbonyl (C=O) groups is 1. The number of nitrogens with one attached hydrogen (secondary N) is 1. The Balaban J connectivity index is 1.80. The molecule has 0 saturated carbocycles. The minimum Gasteiger partial charge on any atom is -0.396 e. The Labute approximate surface area is 131 Å². The first-order chi connectivity index (χ1) is 10.0. The molecule has 1 amide bonds. The number of hydrogen-bond acceptors (Lipinski definition) is 3.